The second-order valence-corrected chi connectivity index (χ2v) is 3.37. The molecule has 1 heterocycles. The van der Waals surface area contributed by atoms with E-state index in [0.29, 0.717) is 12.0 Å². The van der Waals surface area contributed by atoms with Gasteiger partial charge in [0.2, 0.25) is 0 Å². The van der Waals surface area contributed by atoms with Crippen LogP contribution in [-0.2, 0) is 11.2 Å². The van der Waals surface area contributed by atoms with E-state index in [9.17, 15) is 4.79 Å². The molecule has 64 valence electrons. The summed E-state index contributed by atoms with van der Waals surface area (Å²) in [5.74, 6) is 0. The zero-order chi connectivity index (χ0) is 8.97. The quantitative estimate of drug-likeness (QED) is 0.566. The maximum Gasteiger partial charge on any atom is 0.150 e. The predicted octanol–water partition coefficient (Wildman–Crippen LogP) is 1.49. The molecule has 0 amide bonds. The Balaban J connectivity index is 2.90. The number of aliphatic hydroxyl groups excluding tert-OH is 1. The molecule has 2 nitrogen and oxygen atoms in total. The van der Waals surface area contributed by atoms with Gasteiger partial charge in [-0.05, 0) is 17.0 Å². The van der Waals surface area contributed by atoms with Crippen LogP contribution in [0.3, 0.4) is 0 Å². The van der Waals surface area contributed by atoms with Crippen LogP contribution < -0.4 is 0 Å². The van der Waals surface area contributed by atoms with Gasteiger partial charge in [0.05, 0.1) is 0 Å². The van der Waals surface area contributed by atoms with Gasteiger partial charge in [0.25, 0.3) is 0 Å². The highest BCUT2D eigenvalue weighted by Gasteiger charge is 2.05. The Kier molecular flexibility index (Phi) is 3.19. The third-order valence-corrected chi connectivity index (χ3v) is 2.55. The van der Waals surface area contributed by atoms with Crippen LogP contribution in [0.15, 0.2) is 18.0 Å². The van der Waals surface area contributed by atoms with E-state index in [1.165, 1.54) is 11.3 Å². The van der Waals surface area contributed by atoms with Crippen molar-refractivity contribution in [3.63, 3.8) is 0 Å². The summed E-state index contributed by atoms with van der Waals surface area (Å²) in [6, 6.07) is 1.85. The molecule has 3 heteroatoms. The van der Waals surface area contributed by atoms with Crippen LogP contribution in [-0.4, -0.2) is 18.0 Å². The first kappa shape index (κ1) is 9.16. The van der Waals surface area contributed by atoms with E-state index in [-0.39, 0.29) is 6.61 Å². The van der Waals surface area contributed by atoms with Crippen LogP contribution in [0, 0.1) is 0 Å². The molecule has 1 N–H and O–H groups in total. The van der Waals surface area contributed by atoms with Crippen LogP contribution in [0.4, 0.5) is 0 Å². The molecule has 0 aromatic carbocycles. The Morgan fingerprint density at radius 1 is 1.75 bits per heavy atom. The van der Waals surface area contributed by atoms with Crippen molar-refractivity contribution in [2.75, 3.05) is 6.61 Å². The highest BCUT2D eigenvalue weighted by Crippen LogP contribution is 2.22. The molecule has 0 unspecified atom stereocenters. The Morgan fingerprint density at radius 3 is 3.08 bits per heavy atom. The van der Waals surface area contributed by atoms with Gasteiger partial charge in [-0.2, -0.15) is 0 Å². The van der Waals surface area contributed by atoms with E-state index in [0.717, 1.165) is 16.7 Å². The Bertz CT molecular complexity index is 288. The standard InChI is InChI=1S/C9H10O2S/c1-7(6-11)8-3-5-12-9(8)2-4-10/h3,5-6,10H,1-2,4H2. The minimum absolute atomic E-state index is 0.111. The largest absolute Gasteiger partial charge is 0.396 e. The topological polar surface area (TPSA) is 37.3 Å². The summed E-state index contributed by atoms with van der Waals surface area (Å²) < 4.78 is 0. The molecule has 0 saturated carbocycles. The fourth-order valence-electron chi connectivity index (χ4n) is 0.985. The van der Waals surface area contributed by atoms with E-state index in [2.05, 4.69) is 6.58 Å². The number of aliphatic hydroxyl groups is 1. The zero-order valence-electron chi connectivity index (χ0n) is 6.62. The molecule has 0 bridgehead atoms. The van der Waals surface area contributed by atoms with E-state index in [1.54, 1.807) is 0 Å². The monoisotopic (exact) mass is 182 g/mol. The van der Waals surface area contributed by atoms with E-state index in [4.69, 9.17) is 5.11 Å². The van der Waals surface area contributed by atoms with Gasteiger partial charge in [0.1, 0.15) is 6.29 Å². The Hall–Kier alpha value is -0.930. The molecule has 0 fully saturated rings. The van der Waals surface area contributed by atoms with Crippen LogP contribution in [0.25, 0.3) is 5.57 Å². The first-order valence-corrected chi connectivity index (χ1v) is 4.49. The average molecular weight is 182 g/mol. The number of rotatable bonds is 4. The fourth-order valence-corrected chi connectivity index (χ4v) is 1.89. The number of hydrogen-bond donors (Lipinski definition) is 1. The second-order valence-electron chi connectivity index (χ2n) is 2.37. The van der Waals surface area contributed by atoms with Gasteiger partial charge in [-0.25, -0.2) is 0 Å². The van der Waals surface area contributed by atoms with Crippen molar-refractivity contribution in [2.24, 2.45) is 0 Å². The molecule has 0 aliphatic carbocycles. The van der Waals surface area contributed by atoms with Gasteiger partial charge in [-0.1, -0.05) is 6.58 Å². The highest BCUT2D eigenvalue weighted by molar-refractivity contribution is 7.10. The first-order valence-electron chi connectivity index (χ1n) is 3.61. The minimum atomic E-state index is 0.111. The average Bonchev–Trinajstić information content (AvgIpc) is 2.52. The van der Waals surface area contributed by atoms with E-state index < -0.39 is 0 Å². The Morgan fingerprint density at radius 2 is 2.50 bits per heavy atom. The normalized spacial score (nSPS) is 9.75. The highest BCUT2D eigenvalue weighted by atomic mass is 32.1. The lowest BCUT2D eigenvalue weighted by atomic mass is 10.1. The van der Waals surface area contributed by atoms with Gasteiger partial charge in [0, 0.05) is 23.5 Å². The molecule has 0 saturated heterocycles. The third kappa shape index (κ3) is 1.81. The zero-order valence-corrected chi connectivity index (χ0v) is 7.43. The summed E-state index contributed by atoms with van der Waals surface area (Å²) >= 11 is 1.54. The van der Waals surface area contributed by atoms with E-state index >= 15 is 0 Å². The molecule has 12 heavy (non-hydrogen) atoms. The molecule has 0 aliphatic rings. The van der Waals surface area contributed by atoms with Gasteiger partial charge in [-0.3, -0.25) is 4.79 Å². The molecular weight excluding hydrogens is 172 g/mol. The van der Waals surface area contributed by atoms with Gasteiger partial charge >= 0.3 is 0 Å². The maximum absolute atomic E-state index is 10.4. The van der Waals surface area contributed by atoms with Crippen molar-refractivity contribution in [3.05, 3.63) is 28.5 Å². The summed E-state index contributed by atoms with van der Waals surface area (Å²) in [6.07, 6.45) is 1.34. The number of thiophene rings is 1. The fraction of sp³-hybridized carbons (Fsp3) is 0.222. The number of hydrogen-bond acceptors (Lipinski definition) is 3. The smallest absolute Gasteiger partial charge is 0.150 e. The van der Waals surface area contributed by atoms with Crippen LogP contribution >= 0.6 is 11.3 Å². The van der Waals surface area contributed by atoms with Crippen LogP contribution in [0.5, 0.6) is 0 Å². The van der Waals surface area contributed by atoms with Crippen LogP contribution in [0.2, 0.25) is 0 Å². The van der Waals surface area contributed by atoms with Gasteiger partial charge in [-0.15, -0.1) is 11.3 Å². The number of carbonyl (C=O) groups excluding carboxylic acids is 1. The molecule has 0 radical (unpaired) electrons. The summed E-state index contributed by atoms with van der Waals surface area (Å²) in [5, 5.41) is 10.6. The first-order chi connectivity index (χ1) is 5.79. The molecule has 0 spiro atoms. The van der Waals surface area contributed by atoms with Crippen molar-refractivity contribution in [1.29, 1.82) is 0 Å². The van der Waals surface area contributed by atoms with Gasteiger partial charge < -0.3 is 5.11 Å². The molecule has 1 aromatic rings. The van der Waals surface area contributed by atoms with Gasteiger partial charge in [0.15, 0.2) is 0 Å². The maximum atomic E-state index is 10.4. The third-order valence-electron chi connectivity index (χ3n) is 1.57. The SMILES string of the molecule is C=C(C=O)c1ccsc1CCO. The number of allylic oxidation sites excluding steroid dienone is 1. The molecule has 0 atom stereocenters. The lowest BCUT2D eigenvalue weighted by molar-refractivity contribution is -0.103. The Labute approximate surface area is 75.2 Å². The summed E-state index contributed by atoms with van der Waals surface area (Å²) in [5.41, 5.74) is 1.35. The lowest BCUT2D eigenvalue weighted by Gasteiger charge is -1.98. The number of carbonyl (C=O) groups is 1. The minimum Gasteiger partial charge on any atom is -0.396 e. The van der Waals surface area contributed by atoms with E-state index in [1.807, 2.05) is 11.4 Å². The lowest BCUT2D eigenvalue weighted by Crippen LogP contribution is -1.92. The van der Waals surface area contributed by atoms with Crippen molar-refractivity contribution in [2.45, 2.75) is 6.42 Å². The summed E-state index contributed by atoms with van der Waals surface area (Å²) in [6.45, 7) is 3.73. The van der Waals surface area contributed by atoms with Crippen molar-refractivity contribution < 1.29 is 9.90 Å². The number of aldehydes is 1. The molecule has 1 rings (SSSR count). The van der Waals surface area contributed by atoms with Crippen molar-refractivity contribution >= 4 is 23.2 Å². The summed E-state index contributed by atoms with van der Waals surface area (Å²) in [7, 11) is 0. The van der Waals surface area contributed by atoms with Crippen molar-refractivity contribution in [1.82, 2.24) is 0 Å². The predicted molar refractivity (Wildman–Crippen MR) is 50.2 cm³/mol. The molecule has 1 aromatic heterocycles. The van der Waals surface area contributed by atoms with Crippen molar-refractivity contribution in [3.8, 4) is 0 Å². The summed E-state index contributed by atoms with van der Waals surface area (Å²) in [4.78, 5) is 11.4. The second kappa shape index (κ2) is 4.18. The molecule has 0 aliphatic heterocycles. The molecular formula is C9H10O2S. The van der Waals surface area contributed by atoms with Crippen LogP contribution in [0.1, 0.15) is 10.4 Å².